The number of halogens is 1. The van der Waals surface area contributed by atoms with Crippen LogP contribution in [0.3, 0.4) is 0 Å². The first-order valence-electron chi connectivity index (χ1n) is 17.1. The van der Waals surface area contributed by atoms with Crippen molar-refractivity contribution in [2.75, 3.05) is 69.2 Å². The molecule has 7 rings (SSSR count). The van der Waals surface area contributed by atoms with Gasteiger partial charge in [-0.3, -0.25) is 19.9 Å². The quantitative estimate of drug-likeness (QED) is 0.118. The Balaban J connectivity index is 1.22. The number of likely N-dealkylation sites (tertiary alicyclic amines) is 1. The van der Waals surface area contributed by atoms with Crippen molar-refractivity contribution in [3.05, 3.63) is 59.1 Å². The number of aromatic nitrogens is 4. The molecule has 2 aliphatic heterocycles. The molecule has 0 unspecified atom stereocenters. The van der Waals surface area contributed by atoms with Crippen LogP contribution in [0.1, 0.15) is 31.2 Å². The van der Waals surface area contributed by atoms with E-state index < -0.39 is 7.14 Å². The summed E-state index contributed by atoms with van der Waals surface area (Å²) in [6.07, 6.45) is 13.5. The van der Waals surface area contributed by atoms with Gasteiger partial charge in [0.05, 0.1) is 33.8 Å². The number of rotatable bonds is 11. The summed E-state index contributed by atoms with van der Waals surface area (Å²) in [5.74, 6) is 3.11. The van der Waals surface area contributed by atoms with Crippen molar-refractivity contribution < 1.29 is 9.30 Å². The molecular weight excluding hydrogens is 715 g/mol. The summed E-state index contributed by atoms with van der Waals surface area (Å²) in [5, 5.41) is 7.38. The maximum atomic E-state index is 13.5. The van der Waals surface area contributed by atoms with Gasteiger partial charge >= 0.3 is 0 Å². The van der Waals surface area contributed by atoms with Crippen LogP contribution in [0.4, 0.5) is 28.8 Å². The van der Waals surface area contributed by atoms with Gasteiger partial charge in [0, 0.05) is 86.6 Å². The Hall–Kier alpha value is -4.06. The van der Waals surface area contributed by atoms with E-state index in [9.17, 15) is 4.57 Å². The second-order valence-corrected chi connectivity index (χ2v) is 17.7. The Kier molecular flexibility index (Phi) is 9.82. The summed E-state index contributed by atoms with van der Waals surface area (Å²) in [7, 11) is 0.648. The zero-order valence-corrected chi connectivity index (χ0v) is 31.4. The van der Waals surface area contributed by atoms with E-state index in [1.54, 1.807) is 58.5 Å². The van der Waals surface area contributed by atoms with Crippen molar-refractivity contribution in [3.63, 3.8) is 0 Å². The second kappa shape index (κ2) is 14.3. The van der Waals surface area contributed by atoms with Crippen molar-refractivity contribution in [1.82, 2.24) is 24.8 Å². The largest absolute Gasteiger partial charge is 0.494 e. The second-order valence-electron chi connectivity index (χ2n) is 13.7. The number of nitrogens with zero attached hydrogens (tertiary/aromatic N) is 7. The molecule has 1 saturated carbocycles. The van der Waals surface area contributed by atoms with Crippen LogP contribution in [0.2, 0.25) is 0 Å². The number of nitrogens with two attached hydrogens (primary N) is 1. The fourth-order valence-corrected chi connectivity index (χ4v) is 9.09. The topological polar surface area (TPSA) is 147 Å². The molecule has 0 radical (unpaired) electrons. The molecule has 4 heterocycles. The zero-order chi connectivity index (χ0) is 35.0. The highest BCUT2D eigenvalue weighted by molar-refractivity contribution is 9.10. The predicted molar refractivity (Wildman–Crippen MR) is 208 cm³/mol. The molecular formula is C36H44BrN10O2P. The molecule has 2 atom stereocenters. The van der Waals surface area contributed by atoms with Gasteiger partial charge in [-0.15, -0.1) is 0 Å². The van der Waals surface area contributed by atoms with E-state index in [1.165, 1.54) is 32.4 Å². The Bertz CT molecular complexity index is 2010. The number of hydrogen-bond acceptors (Lipinski definition) is 12. The third-order valence-electron chi connectivity index (χ3n) is 9.98. The summed E-state index contributed by atoms with van der Waals surface area (Å²) in [6, 6.07) is 8.40. The third-order valence-corrected chi connectivity index (χ3v) is 12.1. The van der Waals surface area contributed by atoms with Crippen LogP contribution in [0.25, 0.3) is 16.6 Å². The van der Waals surface area contributed by atoms with Crippen LogP contribution in [0.15, 0.2) is 58.5 Å². The van der Waals surface area contributed by atoms with Crippen LogP contribution >= 0.6 is 23.1 Å². The Morgan fingerprint density at radius 1 is 1.10 bits per heavy atom. The number of benzene rings is 2. The van der Waals surface area contributed by atoms with Crippen molar-refractivity contribution in [1.29, 1.82) is 0 Å². The van der Waals surface area contributed by atoms with Gasteiger partial charge in [0.25, 0.3) is 0 Å². The Morgan fingerprint density at radius 2 is 1.90 bits per heavy atom. The molecule has 0 amide bonds. The highest BCUT2D eigenvalue weighted by Gasteiger charge is 2.41. The summed E-state index contributed by atoms with van der Waals surface area (Å²) >= 11 is 3.60. The van der Waals surface area contributed by atoms with Gasteiger partial charge < -0.3 is 30.6 Å². The minimum absolute atomic E-state index is 0.343. The number of methoxy groups -OCH3 is 1. The molecule has 0 spiro atoms. The number of aliphatic imine (C=N–C) groups is 1. The summed E-state index contributed by atoms with van der Waals surface area (Å²) in [6.45, 7) is 7.82. The maximum Gasteiger partial charge on any atom is 0.229 e. The fourth-order valence-electron chi connectivity index (χ4n) is 7.41. The molecule has 262 valence electrons. The van der Waals surface area contributed by atoms with Crippen LogP contribution < -0.4 is 31.3 Å². The monoisotopic (exact) mass is 758 g/mol. The SMILES string of the molecule is CN=CC(=CN)c1cc(Nc2ncc(Br)c(Nc3ccc4nccnc4c3P(C)(C)=O)n2)c(OC)cc1N1CC[C@H]2CCN(CC3CC3)[C@@H]2C1. The predicted octanol–water partition coefficient (Wildman–Crippen LogP) is 6.24. The maximum absolute atomic E-state index is 13.5. The highest BCUT2D eigenvalue weighted by atomic mass is 79.9. The Morgan fingerprint density at radius 3 is 2.64 bits per heavy atom. The third kappa shape index (κ3) is 7.08. The summed E-state index contributed by atoms with van der Waals surface area (Å²) in [4.78, 5) is 27.8. The number of nitrogens with one attached hydrogen (secondary N) is 2. The molecule has 0 bridgehead atoms. The molecule has 2 aromatic carbocycles. The molecule has 1 aliphatic carbocycles. The van der Waals surface area contributed by atoms with E-state index in [0.29, 0.717) is 55.7 Å². The van der Waals surface area contributed by atoms with Crippen molar-refractivity contribution >= 4 is 80.0 Å². The van der Waals surface area contributed by atoms with E-state index in [2.05, 4.69) is 62.4 Å². The number of anilines is 5. The summed E-state index contributed by atoms with van der Waals surface area (Å²) in [5.41, 5.74) is 11.6. The lowest BCUT2D eigenvalue weighted by Crippen LogP contribution is -2.49. The minimum Gasteiger partial charge on any atom is -0.494 e. The number of hydrogen-bond donors (Lipinski definition) is 3. The lowest BCUT2D eigenvalue weighted by molar-refractivity contribution is 0.201. The standard InChI is InChI=1S/C36H44BrN10O2P/c1-39-18-24(17-38)25-15-29(32(49-2)16-30(25)47-14-10-23-9-13-46(31(23)21-47)20-22-5-6-22)44-36-42-19-26(37)35(45-36)43-28-8-7-27-33(41-12-11-40-27)34(28)50(3,4)48/h7-8,11-12,15-19,22-23,31H,5-6,9-10,13-14,20-21,38H2,1-4H3,(H2,42,43,44,45)/t23-,31-/m1/s1. The fraction of sp³-hybridized carbons (Fsp3) is 0.417. The normalized spacial score (nSPS) is 20.0. The van der Waals surface area contributed by atoms with E-state index in [1.807, 2.05) is 18.2 Å². The van der Waals surface area contributed by atoms with Gasteiger partial charge in [-0.05, 0) is 91.5 Å². The van der Waals surface area contributed by atoms with E-state index in [-0.39, 0.29) is 0 Å². The van der Waals surface area contributed by atoms with Crippen LogP contribution in [-0.2, 0) is 4.57 Å². The first-order valence-corrected chi connectivity index (χ1v) is 20.5. The highest BCUT2D eigenvalue weighted by Crippen LogP contribution is 2.43. The molecule has 12 nitrogen and oxygen atoms in total. The van der Waals surface area contributed by atoms with Gasteiger partial charge in [0.2, 0.25) is 5.95 Å². The van der Waals surface area contributed by atoms with Crippen molar-refractivity contribution in [3.8, 4) is 5.75 Å². The average Bonchev–Trinajstić information content (AvgIpc) is 3.85. The average molecular weight is 760 g/mol. The van der Waals surface area contributed by atoms with E-state index in [4.69, 9.17) is 15.5 Å². The smallest absolute Gasteiger partial charge is 0.229 e. The molecule has 3 aliphatic rings. The van der Waals surface area contributed by atoms with E-state index in [0.717, 1.165) is 48.2 Å². The van der Waals surface area contributed by atoms with Gasteiger partial charge in [-0.1, -0.05) is 0 Å². The van der Waals surface area contributed by atoms with Crippen molar-refractivity contribution in [2.24, 2.45) is 22.6 Å². The molecule has 50 heavy (non-hydrogen) atoms. The minimum atomic E-state index is -2.77. The van der Waals surface area contributed by atoms with Crippen LogP contribution in [0, 0.1) is 11.8 Å². The molecule has 14 heteroatoms. The van der Waals surface area contributed by atoms with Crippen molar-refractivity contribution in [2.45, 2.75) is 31.7 Å². The lowest BCUT2D eigenvalue weighted by atomic mass is 9.90. The molecule has 4 aromatic rings. The number of fused-ring (bicyclic) bond motifs is 2. The van der Waals surface area contributed by atoms with Gasteiger partial charge in [0.15, 0.2) is 0 Å². The lowest BCUT2D eigenvalue weighted by Gasteiger charge is -2.41. The van der Waals surface area contributed by atoms with Gasteiger partial charge in [-0.2, -0.15) is 4.98 Å². The molecule has 3 fully saturated rings. The van der Waals surface area contributed by atoms with Gasteiger partial charge in [-0.25, -0.2) is 4.98 Å². The first-order chi connectivity index (χ1) is 24.2. The Labute approximate surface area is 301 Å². The van der Waals surface area contributed by atoms with Crippen LogP contribution in [-0.4, -0.2) is 90.8 Å². The number of allylic oxidation sites excluding steroid dienone is 1. The molecule has 4 N–H and O–H groups in total. The number of piperidine rings is 1. The summed E-state index contributed by atoms with van der Waals surface area (Å²) < 4.78 is 20.1. The van der Waals surface area contributed by atoms with Crippen LogP contribution in [0.5, 0.6) is 5.75 Å². The van der Waals surface area contributed by atoms with Gasteiger partial charge in [0.1, 0.15) is 24.2 Å². The number of ether oxygens (including phenoxy) is 1. The zero-order valence-electron chi connectivity index (χ0n) is 28.9. The molecule has 2 aromatic heterocycles. The first kappa shape index (κ1) is 34.4. The molecule has 2 saturated heterocycles. The van der Waals surface area contributed by atoms with E-state index >= 15 is 0 Å².